The molecule has 1 aromatic rings. The molecule has 2 fully saturated rings. The molecule has 0 aromatic carbocycles. The summed E-state index contributed by atoms with van der Waals surface area (Å²) in [6.07, 6.45) is 6.52. The highest BCUT2D eigenvalue weighted by atomic mass is 16.5. The van der Waals surface area contributed by atoms with E-state index in [1.807, 2.05) is 0 Å². The third kappa shape index (κ3) is 1.70. The number of hydrogen-bond acceptors (Lipinski definition) is 4. The minimum absolute atomic E-state index is 0.569. The van der Waals surface area contributed by atoms with E-state index < -0.39 is 0 Å². The predicted molar refractivity (Wildman–Crippen MR) is 61.3 cm³/mol. The van der Waals surface area contributed by atoms with E-state index in [4.69, 9.17) is 4.52 Å². The molecular formula is C12H19N3O. The van der Waals surface area contributed by atoms with Crippen molar-refractivity contribution in [3.63, 3.8) is 0 Å². The van der Waals surface area contributed by atoms with Crippen molar-refractivity contribution in [3.05, 3.63) is 5.82 Å². The van der Waals surface area contributed by atoms with Crippen molar-refractivity contribution in [1.82, 2.24) is 10.1 Å². The molecule has 0 saturated heterocycles. The number of anilines is 1. The standard InChI is InChI=1S/C12H19N3O/c1-2-5-13-12-14-11(15-16-12)10-7-8-3-4-9(10)6-8/h8-10H,2-7H2,1H3,(H,13,14,15). The lowest BCUT2D eigenvalue weighted by atomic mass is 9.88. The van der Waals surface area contributed by atoms with Crippen molar-refractivity contribution in [3.8, 4) is 0 Å². The number of nitrogens with one attached hydrogen (secondary N) is 1. The van der Waals surface area contributed by atoms with E-state index in [1.165, 1.54) is 25.7 Å². The first-order chi connectivity index (χ1) is 7.86. The Bertz CT molecular complexity index is 363. The molecule has 2 bridgehead atoms. The summed E-state index contributed by atoms with van der Waals surface area (Å²) in [5.41, 5.74) is 0. The number of hydrogen-bond donors (Lipinski definition) is 1. The molecular weight excluding hydrogens is 202 g/mol. The Morgan fingerprint density at radius 1 is 1.38 bits per heavy atom. The van der Waals surface area contributed by atoms with Gasteiger partial charge in [0, 0.05) is 12.5 Å². The van der Waals surface area contributed by atoms with Crippen LogP contribution >= 0.6 is 0 Å². The van der Waals surface area contributed by atoms with E-state index in [0.717, 1.165) is 30.6 Å². The maximum absolute atomic E-state index is 5.21. The Balaban J connectivity index is 1.68. The molecule has 2 saturated carbocycles. The topological polar surface area (TPSA) is 51.0 Å². The largest absolute Gasteiger partial charge is 0.338 e. The fraction of sp³-hybridized carbons (Fsp3) is 0.833. The highest BCUT2D eigenvalue weighted by molar-refractivity contribution is 5.20. The second kappa shape index (κ2) is 4.07. The number of aromatic nitrogens is 2. The van der Waals surface area contributed by atoms with Crippen LogP contribution in [0, 0.1) is 11.8 Å². The Morgan fingerprint density at radius 2 is 2.31 bits per heavy atom. The SMILES string of the molecule is CCCNc1nc(C2CC3CCC2C3)no1. The zero-order valence-corrected chi connectivity index (χ0v) is 9.78. The van der Waals surface area contributed by atoms with E-state index in [1.54, 1.807) is 0 Å². The monoisotopic (exact) mass is 221 g/mol. The zero-order chi connectivity index (χ0) is 11.0. The normalized spacial score (nSPS) is 32.2. The van der Waals surface area contributed by atoms with Gasteiger partial charge in [0.15, 0.2) is 5.82 Å². The van der Waals surface area contributed by atoms with Crippen molar-refractivity contribution < 1.29 is 4.52 Å². The fourth-order valence-electron chi connectivity index (χ4n) is 3.25. The van der Waals surface area contributed by atoms with Gasteiger partial charge in [-0.1, -0.05) is 18.5 Å². The molecule has 1 aromatic heterocycles. The molecule has 16 heavy (non-hydrogen) atoms. The smallest absolute Gasteiger partial charge is 0.321 e. The van der Waals surface area contributed by atoms with Crippen LogP contribution in [0.15, 0.2) is 4.52 Å². The van der Waals surface area contributed by atoms with Gasteiger partial charge in [-0.15, -0.1) is 0 Å². The molecule has 2 aliphatic carbocycles. The van der Waals surface area contributed by atoms with Crippen LogP contribution in [-0.2, 0) is 0 Å². The minimum atomic E-state index is 0.569. The molecule has 0 amide bonds. The summed E-state index contributed by atoms with van der Waals surface area (Å²) in [5, 5.41) is 7.26. The zero-order valence-electron chi connectivity index (χ0n) is 9.78. The molecule has 88 valence electrons. The van der Waals surface area contributed by atoms with Gasteiger partial charge in [-0.2, -0.15) is 4.98 Å². The highest BCUT2D eigenvalue weighted by Crippen LogP contribution is 2.52. The minimum Gasteiger partial charge on any atom is -0.338 e. The molecule has 4 nitrogen and oxygen atoms in total. The van der Waals surface area contributed by atoms with Crippen LogP contribution in [0.5, 0.6) is 0 Å². The lowest BCUT2D eigenvalue weighted by Gasteiger charge is -2.17. The Labute approximate surface area is 95.8 Å². The van der Waals surface area contributed by atoms with E-state index in [9.17, 15) is 0 Å². The maximum Gasteiger partial charge on any atom is 0.321 e. The van der Waals surface area contributed by atoms with E-state index in [2.05, 4.69) is 22.4 Å². The van der Waals surface area contributed by atoms with Gasteiger partial charge in [0.05, 0.1) is 0 Å². The Hall–Kier alpha value is -1.06. The van der Waals surface area contributed by atoms with E-state index >= 15 is 0 Å². The van der Waals surface area contributed by atoms with E-state index in [0.29, 0.717) is 11.9 Å². The van der Waals surface area contributed by atoms with Crippen molar-refractivity contribution in [2.75, 3.05) is 11.9 Å². The highest BCUT2D eigenvalue weighted by Gasteiger charge is 2.42. The first-order valence-electron chi connectivity index (χ1n) is 6.44. The van der Waals surface area contributed by atoms with Crippen LogP contribution < -0.4 is 5.32 Å². The second-order valence-electron chi connectivity index (χ2n) is 5.17. The van der Waals surface area contributed by atoms with Crippen molar-refractivity contribution in [1.29, 1.82) is 0 Å². The summed E-state index contributed by atoms with van der Waals surface area (Å²) in [7, 11) is 0. The lowest BCUT2D eigenvalue weighted by molar-refractivity contribution is 0.372. The molecule has 2 aliphatic rings. The van der Waals surface area contributed by atoms with Gasteiger partial charge in [0.25, 0.3) is 0 Å². The number of rotatable bonds is 4. The van der Waals surface area contributed by atoms with Crippen LogP contribution in [0.2, 0.25) is 0 Å². The number of nitrogens with zero attached hydrogens (tertiary/aromatic N) is 2. The molecule has 3 atom stereocenters. The van der Waals surface area contributed by atoms with Gasteiger partial charge in [-0.25, -0.2) is 0 Å². The van der Waals surface area contributed by atoms with Crippen molar-refractivity contribution in [2.45, 2.75) is 44.9 Å². The summed E-state index contributed by atoms with van der Waals surface area (Å²) in [6, 6.07) is 0.597. The average molecular weight is 221 g/mol. The van der Waals surface area contributed by atoms with Gasteiger partial charge in [0.1, 0.15) is 0 Å². The van der Waals surface area contributed by atoms with Gasteiger partial charge in [-0.3, -0.25) is 0 Å². The Kier molecular flexibility index (Phi) is 2.58. The van der Waals surface area contributed by atoms with Gasteiger partial charge < -0.3 is 9.84 Å². The molecule has 0 radical (unpaired) electrons. The van der Waals surface area contributed by atoms with Crippen LogP contribution in [0.1, 0.15) is 50.8 Å². The van der Waals surface area contributed by atoms with Gasteiger partial charge in [-0.05, 0) is 37.5 Å². The van der Waals surface area contributed by atoms with Crippen LogP contribution in [0.4, 0.5) is 6.01 Å². The summed E-state index contributed by atoms with van der Waals surface area (Å²) < 4.78 is 5.21. The quantitative estimate of drug-likeness (QED) is 0.849. The second-order valence-corrected chi connectivity index (χ2v) is 5.17. The molecule has 1 N–H and O–H groups in total. The van der Waals surface area contributed by atoms with Gasteiger partial charge >= 0.3 is 6.01 Å². The first-order valence-corrected chi connectivity index (χ1v) is 6.44. The first kappa shape index (κ1) is 10.1. The molecule has 3 unspecified atom stereocenters. The number of fused-ring (bicyclic) bond motifs is 2. The molecule has 1 heterocycles. The molecule has 0 spiro atoms. The van der Waals surface area contributed by atoms with Gasteiger partial charge in [0.2, 0.25) is 0 Å². The third-order valence-electron chi connectivity index (χ3n) is 4.04. The summed E-state index contributed by atoms with van der Waals surface area (Å²) in [5.74, 6) is 3.26. The average Bonchev–Trinajstić information content (AvgIpc) is 3.01. The van der Waals surface area contributed by atoms with E-state index in [-0.39, 0.29) is 0 Å². The molecule has 3 rings (SSSR count). The molecule has 4 heteroatoms. The summed E-state index contributed by atoms with van der Waals surface area (Å²) in [6.45, 7) is 3.03. The van der Waals surface area contributed by atoms with Crippen LogP contribution in [-0.4, -0.2) is 16.7 Å². The summed E-state index contributed by atoms with van der Waals surface area (Å²) in [4.78, 5) is 4.46. The third-order valence-corrected chi connectivity index (χ3v) is 4.04. The Morgan fingerprint density at radius 3 is 3.00 bits per heavy atom. The van der Waals surface area contributed by atoms with Crippen LogP contribution in [0.25, 0.3) is 0 Å². The fourth-order valence-corrected chi connectivity index (χ4v) is 3.25. The van der Waals surface area contributed by atoms with Crippen LogP contribution in [0.3, 0.4) is 0 Å². The lowest BCUT2D eigenvalue weighted by Crippen LogP contribution is -2.10. The maximum atomic E-state index is 5.21. The molecule has 0 aliphatic heterocycles. The van der Waals surface area contributed by atoms with Crippen molar-refractivity contribution in [2.24, 2.45) is 11.8 Å². The van der Waals surface area contributed by atoms with Crippen molar-refractivity contribution >= 4 is 6.01 Å². The summed E-state index contributed by atoms with van der Waals surface area (Å²) >= 11 is 0. The predicted octanol–water partition coefficient (Wildman–Crippen LogP) is 2.80.